The second-order valence-corrected chi connectivity index (χ2v) is 8.07. The van der Waals surface area contributed by atoms with Crippen molar-refractivity contribution in [3.8, 4) is 34.5 Å². The summed E-state index contributed by atoms with van der Waals surface area (Å²) in [5, 5.41) is 33.5. The van der Waals surface area contributed by atoms with Gasteiger partial charge in [0.2, 0.25) is 13.6 Å². The van der Waals surface area contributed by atoms with Gasteiger partial charge in [-0.1, -0.05) is 4.98 Å². The molecule has 0 unspecified atom stereocenters. The number of aromatic hydroxyl groups is 2. The van der Waals surface area contributed by atoms with Gasteiger partial charge in [-0.3, -0.25) is 5.32 Å². The van der Waals surface area contributed by atoms with E-state index in [4.69, 9.17) is 28.8 Å². The molecule has 11 nitrogen and oxygen atoms in total. The number of benzene rings is 2. The number of anilines is 1. The molecule has 1 aromatic heterocycles. The first-order chi connectivity index (χ1) is 18.1. The molecule has 2 aromatic carbocycles. The second-order valence-electron chi connectivity index (χ2n) is 8.07. The van der Waals surface area contributed by atoms with Crippen LogP contribution in [0.1, 0.15) is 29.9 Å². The number of aromatic amines is 1. The molecule has 0 saturated carbocycles. The van der Waals surface area contributed by atoms with Gasteiger partial charge in [-0.05, 0) is 25.0 Å². The van der Waals surface area contributed by atoms with E-state index >= 15 is 0 Å². The van der Waals surface area contributed by atoms with E-state index in [1.165, 1.54) is 0 Å². The lowest BCUT2D eigenvalue weighted by Gasteiger charge is -2.21. The molecule has 38 heavy (non-hydrogen) atoms. The number of nitrogens with zero attached hydrogens (tertiary/aromatic N) is 1. The van der Waals surface area contributed by atoms with Crippen LogP contribution in [0.25, 0.3) is 0 Å². The fourth-order valence-corrected chi connectivity index (χ4v) is 3.87. The summed E-state index contributed by atoms with van der Waals surface area (Å²) >= 11 is 0. The van der Waals surface area contributed by atoms with E-state index in [0.29, 0.717) is 53.0 Å². The van der Waals surface area contributed by atoms with Crippen molar-refractivity contribution in [2.24, 2.45) is 0 Å². The zero-order valence-corrected chi connectivity index (χ0v) is 19.6. The van der Waals surface area contributed by atoms with Crippen LogP contribution in [-0.4, -0.2) is 47.5 Å². The van der Waals surface area contributed by atoms with Gasteiger partial charge in [-0.25, -0.2) is 4.98 Å². The third-order valence-corrected chi connectivity index (χ3v) is 5.59. The van der Waals surface area contributed by atoms with E-state index < -0.39 is 12.1 Å². The van der Waals surface area contributed by atoms with Crippen LogP contribution in [0.2, 0.25) is 0 Å². The van der Waals surface area contributed by atoms with Crippen molar-refractivity contribution in [2.45, 2.75) is 24.9 Å². The van der Waals surface area contributed by atoms with Crippen LogP contribution in [0, 0.1) is 0 Å². The predicted molar refractivity (Wildman–Crippen MR) is 120 cm³/mol. The maximum Gasteiger partial charge on any atom is 0.430 e. The number of carbonyl (C=O) groups excluding carboxylic acids is 1. The molecule has 0 aliphatic carbocycles. The molecule has 202 valence electrons. The third kappa shape index (κ3) is 6.19. The SMILES string of the molecule is O=C([O-])C(F)(F)F.Oc1cc2c(cc1C(CCCNc1nccc[nH+]1)c1cc3c(cc1O)OCO3)OCO2. The van der Waals surface area contributed by atoms with Crippen molar-refractivity contribution in [3.63, 3.8) is 0 Å². The number of fused-ring (bicyclic) bond motifs is 2. The molecule has 3 aromatic rings. The summed E-state index contributed by atoms with van der Waals surface area (Å²) in [5.41, 5.74) is 1.28. The summed E-state index contributed by atoms with van der Waals surface area (Å²) in [6, 6.07) is 8.45. The number of hydrogen-bond acceptors (Lipinski definition) is 10. The Morgan fingerprint density at radius 2 is 1.50 bits per heavy atom. The van der Waals surface area contributed by atoms with Gasteiger partial charge in [0.25, 0.3) is 0 Å². The number of aromatic nitrogens is 2. The Kier molecular flexibility index (Phi) is 7.79. The Bertz CT molecular complexity index is 1230. The van der Waals surface area contributed by atoms with E-state index in [0.717, 1.165) is 6.42 Å². The van der Waals surface area contributed by atoms with E-state index in [-0.39, 0.29) is 31.0 Å². The lowest BCUT2D eigenvalue weighted by molar-refractivity contribution is -0.365. The van der Waals surface area contributed by atoms with Crippen LogP contribution in [0.4, 0.5) is 19.1 Å². The highest BCUT2D eigenvalue weighted by molar-refractivity contribution is 5.70. The maximum atomic E-state index is 10.7. The third-order valence-electron chi connectivity index (χ3n) is 5.59. The lowest BCUT2D eigenvalue weighted by Crippen LogP contribution is -2.37. The number of aliphatic carboxylic acids is 1. The second kappa shape index (κ2) is 11.2. The number of carboxylic acid groups (broad SMARTS) is 1. The van der Waals surface area contributed by atoms with E-state index in [2.05, 4.69) is 15.3 Å². The quantitative estimate of drug-likeness (QED) is 0.381. The number of halogens is 3. The van der Waals surface area contributed by atoms with E-state index in [9.17, 15) is 23.4 Å². The Balaban J connectivity index is 0.000000426. The Morgan fingerprint density at radius 1 is 1.00 bits per heavy atom. The van der Waals surface area contributed by atoms with Crippen LogP contribution in [0.15, 0.2) is 42.7 Å². The Morgan fingerprint density at radius 3 is 1.95 bits per heavy atom. The summed E-state index contributed by atoms with van der Waals surface area (Å²) in [7, 11) is 0. The van der Waals surface area contributed by atoms with Crippen molar-refractivity contribution in [2.75, 3.05) is 25.4 Å². The molecule has 0 spiro atoms. The molecule has 0 atom stereocenters. The predicted octanol–water partition coefficient (Wildman–Crippen LogP) is 2.09. The summed E-state index contributed by atoms with van der Waals surface area (Å²) in [6.45, 7) is 0.881. The van der Waals surface area contributed by atoms with Gasteiger partial charge in [0.15, 0.2) is 23.0 Å². The first kappa shape index (κ1) is 26.4. The van der Waals surface area contributed by atoms with Crippen molar-refractivity contribution >= 4 is 11.9 Å². The van der Waals surface area contributed by atoms with Gasteiger partial charge < -0.3 is 39.1 Å². The number of phenolic OH excluding ortho intramolecular Hbond substituents is 2. The molecular formula is C24H22F3N3O8. The van der Waals surface area contributed by atoms with Gasteiger partial charge in [0, 0.05) is 35.2 Å². The fraction of sp³-hybridized carbons (Fsp3) is 0.292. The van der Waals surface area contributed by atoms with Gasteiger partial charge in [-0.2, -0.15) is 13.2 Å². The maximum absolute atomic E-state index is 10.7. The largest absolute Gasteiger partial charge is 0.542 e. The van der Waals surface area contributed by atoms with Crippen LogP contribution in [-0.2, 0) is 4.79 Å². The molecule has 14 heteroatoms. The van der Waals surface area contributed by atoms with Crippen LogP contribution >= 0.6 is 0 Å². The minimum atomic E-state index is -5.19. The zero-order chi connectivity index (χ0) is 27.3. The zero-order valence-electron chi connectivity index (χ0n) is 19.6. The molecule has 0 amide bonds. The topological polar surface area (TPSA) is 157 Å². The number of H-pyrrole nitrogens is 1. The molecule has 4 N–H and O–H groups in total. The minimum absolute atomic E-state index is 0.0809. The lowest BCUT2D eigenvalue weighted by atomic mass is 9.85. The number of carbonyl (C=O) groups is 1. The molecule has 2 aliphatic heterocycles. The van der Waals surface area contributed by atoms with Crippen LogP contribution in [0.5, 0.6) is 34.5 Å². The molecule has 3 heterocycles. The summed E-state index contributed by atoms with van der Waals surface area (Å²) in [6.07, 6.45) is -0.304. The Hall–Kier alpha value is -4.62. The molecule has 2 aliphatic rings. The number of ether oxygens (including phenoxy) is 4. The highest BCUT2D eigenvalue weighted by Gasteiger charge is 2.29. The normalized spacial score (nSPS) is 13.2. The Labute approximate surface area is 213 Å². The van der Waals surface area contributed by atoms with Gasteiger partial charge in [0.05, 0.1) is 12.7 Å². The molecule has 0 bridgehead atoms. The number of rotatable bonds is 7. The monoisotopic (exact) mass is 537 g/mol. The first-order valence-corrected chi connectivity index (χ1v) is 11.2. The van der Waals surface area contributed by atoms with Crippen molar-refractivity contribution in [3.05, 3.63) is 53.9 Å². The average molecular weight is 537 g/mol. The van der Waals surface area contributed by atoms with E-state index in [1.807, 2.05) is 6.07 Å². The highest BCUT2D eigenvalue weighted by Crippen LogP contribution is 2.48. The minimum Gasteiger partial charge on any atom is -0.542 e. The standard InChI is InChI=1S/C22H21N3O6.C2HF3O2/c26-16-9-20-18(28-11-30-20)7-14(16)13(3-1-4-23-22-24-5-2-6-25-22)15-8-19-21(10-17(15)27)31-12-29-19;3-2(4,5)1(6)7/h2,5-10,13,26-27H,1,3-4,11-12H2,(H,23,24,25);(H,6,7). The number of alkyl halides is 3. The number of carboxylic acids is 1. The van der Waals surface area contributed by atoms with Gasteiger partial charge >= 0.3 is 12.1 Å². The van der Waals surface area contributed by atoms with Crippen LogP contribution in [0.3, 0.4) is 0 Å². The van der Waals surface area contributed by atoms with Crippen molar-refractivity contribution < 1.29 is 57.2 Å². The summed E-state index contributed by atoms with van der Waals surface area (Å²) in [5.74, 6) is -0.334. The average Bonchev–Trinajstić information content (AvgIpc) is 3.52. The number of nitrogens with one attached hydrogen (secondary N) is 2. The highest BCUT2D eigenvalue weighted by atomic mass is 19.4. The van der Waals surface area contributed by atoms with Crippen molar-refractivity contribution in [1.29, 1.82) is 0 Å². The first-order valence-electron chi connectivity index (χ1n) is 11.2. The van der Waals surface area contributed by atoms with Crippen LogP contribution < -0.4 is 34.4 Å². The number of hydrogen-bond donors (Lipinski definition) is 3. The molecule has 0 radical (unpaired) electrons. The molecule has 5 rings (SSSR count). The summed E-state index contributed by atoms with van der Waals surface area (Å²) in [4.78, 5) is 16.0. The van der Waals surface area contributed by atoms with Gasteiger partial charge in [0.1, 0.15) is 23.7 Å². The van der Waals surface area contributed by atoms with Crippen molar-refractivity contribution in [1.82, 2.24) is 4.98 Å². The molecule has 0 saturated heterocycles. The molecule has 0 fully saturated rings. The van der Waals surface area contributed by atoms with Gasteiger partial charge in [-0.15, -0.1) is 0 Å². The summed E-state index contributed by atoms with van der Waals surface area (Å²) < 4.78 is 53.3. The number of phenols is 2. The van der Waals surface area contributed by atoms with E-state index in [1.54, 1.807) is 36.7 Å². The smallest absolute Gasteiger partial charge is 0.430 e. The molecular weight excluding hydrogens is 515 g/mol. The fourth-order valence-electron chi connectivity index (χ4n) is 3.87.